The van der Waals surface area contributed by atoms with Gasteiger partial charge in [0, 0.05) is 19.0 Å². The average Bonchev–Trinajstić information content (AvgIpc) is 3.34. The second-order valence-electron chi connectivity index (χ2n) is 6.98. The molecule has 1 aliphatic rings. The van der Waals surface area contributed by atoms with Crippen LogP contribution in [-0.2, 0) is 14.8 Å². The zero-order chi connectivity index (χ0) is 21.8. The molecule has 2 heterocycles. The third-order valence-electron chi connectivity index (χ3n) is 4.97. The number of hydrogen-bond acceptors (Lipinski definition) is 6. The van der Waals surface area contributed by atoms with Crippen molar-refractivity contribution in [2.75, 3.05) is 24.6 Å². The molecule has 4 rings (SSSR count). The summed E-state index contributed by atoms with van der Waals surface area (Å²) in [7, 11) is -2.09. The van der Waals surface area contributed by atoms with Crippen molar-refractivity contribution in [2.24, 2.45) is 0 Å². The molecule has 3 aromatic rings. The van der Waals surface area contributed by atoms with Crippen molar-refractivity contribution in [1.29, 1.82) is 0 Å². The molecule has 7 nitrogen and oxygen atoms in total. The molecule has 0 saturated carbocycles. The molecule has 0 bridgehead atoms. The van der Waals surface area contributed by atoms with Gasteiger partial charge >= 0.3 is 0 Å². The summed E-state index contributed by atoms with van der Waals surface area (Å²) in [5, 5.41) is 4.70. The van der Waals surface area contributed by atoms with E-state index in [-0.39, 0.29) is 22.8 Å². The topological polar surface area (TPSA) is 84.9 Å². The van der Waals surface area contributed by atoms with Crippen molar-refractivity contribution >= 4 is 33.0 Å². The van der Waals surface area contributed by atoms with E-state index < -0.39 is 10.0 Å². The predicted molar refractivity (Wildman–Crippen MR) is 119 cm³/mol. The Morgan fingerprint density at radius 1 is 1.16 bits per heavy atom. The van der Waals surface area contributed by atoms with Gasteiger partial charge < -0.3 is 14.8 Å². The van der Waals surface area contributed by atoms with Crippen LogP contribution in [0.4, 0.5) is 5.69 Å². The molecule has 1 aromatic heterocycles. The first kappa shape index (κ1) is 21.2. The lowest BCUT2D eigenvalue weighted by molar-refractivity contribution is -0.124. The van der Waals surface area contributed by atoms with Crippen LogP contribution in [0.25, 0.3) is 0 Å². The number of carbonyl (C=O) groups is 1. The van der Waals surface area contributed by atoms with E-state index in [0.717, 1.165) is 11.3 Å². The molecule has 31 heavy (non-hydrogen) atoms. The summed E-state index contributed by atoms with van der Waals surface area (Å²) in [4.78, 5) is 12.4. The zero-order valence-corrected chi connectivity index (χ0v) is 18.5. The highest BCUT2D eigenvalue weighted by molar-refractivity contribution is 7.94. The SMILES string of the molecule is CN(c1ccc(OCC(=O)NC2CCOc3ccccc32)cc1)S(=O)(=O)c1cccs1. The van der Waals surface area contributed by atoms with E-state index in [9.17, 15) is 13.2 Å². The Kier molecular flexibility index (Phi) is 6.15. The number of fused-ring (bicyclic) bond motifs is 1. The highest BCUT2D eigenvalue weighted by atomic mass is 32.2. The maximum Gasteiger partial charge on any atom is 0.273 e. The van der Waals surface area contributed by atoms with Crippen LogP contribution in [0.2, 0.25) is 0 Å². The summed E-state index contributed by atoms with van der Waals surface area (Å²) < 4.78 is 37.9. The number of rotatable bonds is 7. The van der Waals surface area contributed by atoms with Crippen LogP contribution < -0.4 is 19.1 Å². The molecule has 1 aliphatic heterocycles. The normalized spacial score (nSPS) is 15.5. The van der Waals surface area contributed by atoms with Crippen molar-refractivity contribution in [1.82, 2.24) is 5.32 Å². The Balaban J connectivity index is 1.34. The largest absolute Gasteiger partial charge is 0.493 e. The van der Waals surface area contributed by atoms with Crippen molar-refractivity contribution in [3.63, 3.8) is 0 Å². The van der Waals surface area contributed by atoms with E-state index in [1.165, 1.54) is 22.7 Å². The van der Waals surface area contributed by atoms with E-state index >= 15 is 0 Å². The second kappa shape index (κ2) is 8.99. The van der Waals surface area contributed by atoms with E-state index in [4.69, 9.17) is 9.47 Å². The van der Waals surface area contributed by atoms with Gasteiger partial charge in [-0.2, -0.15) is 0 Å². The molecule has 0 radical (unpaired) electrons. The molecule has 0 fully saturated rings. The number of para-hydroxylation sites is 1. The molecule has 1 amide bonds. The van der Waals surface area contributed by atoms with E-state index in [2.05, 4.69) is 5.32 Å². The third kappa shape index (κ3) is 4.67. The minimum absolute atomic E-state index is 0.112. The summed E-state index contributed by atoms with van der Waals surface area (Å²) in [6.45, 7) is 0.411. The third-order valence-corrected chi connectivity index (χ3v) is 8.13. The molecular formula is C22H22N2O5S2. The number of carbonyl (C=O) groups excluding carboxylic acids is 1. The molecule has 0 saturated heterocycles. The molecule has 162 valence electrons. The van der Waals surface area contributed by atoms with Crippen LogP contribution in [0, 0.1) is 0 Å². The van der Waals surface area contributed by atoms with Gasteiger partial charge in [0.15, 0.2) is 6.61 Å². The van der Waals surface area contributed by atoms with Crippen LogP contribution in [-0.4, -0.2) is 34.6 Å². The number of amides is 1. The number of nitrogens with one attached hydrogen (secondary N) is 1. The average molecular weight is 459 g/mol. The number of benzene rings is 2. The summed E-state index contributed by atoms with van der Waals surface area (Å²) in [6, 6.07) is 17.4. The van der Waals surface area contributed by atoms with Crippen molar-refractivity contribution < 1.29 is 22.7 Å². The zero-order valence-electron chi connectivity index (χ0n) is 16.9. The summed E-state index contributed by atoms with van der Waals surface area (Å²) in [5.41, 5.74) is 1.46. The minimum atomic E-state index is -3.59. The molecule has 1 unspecified atom stereocenters. The van der Waals surface area contributed by atoms with Gasteiger partial charge in [-0.05, 0) is 41.8 Å². The fraction of sp³-hybridized carbons (Fsp3) is 0.227. The number of sulfonamides is 1. The van der Waals surface area contributed by atoms with Gasteiger partial charge in [-0.1, -0.05) is 24.3 Å². The van der Waals surface area contributed by atoms with Gasteiger partial charge in [0.1, 0.15) is 15.7 Å². The fourth-order valence-corrected chi connectivity index (χ4v) is 5.67. The minimum Gasteiger partial charge on any atom is -0.493 e. The molecule has 1 atom stereocenters. The lowest BCUT2D eigenvalue weighted by atomic mass is 10.0. The van der Waals surface area contributed by atoms with Crippen LogP contribution in [0.3, 0.4) is 0 Å². The van der Waals surface area contributed by atoms with Gasteiger partial charge in [-0.15, -0.1) is 11.3 Å². The van der Waals surface area contributed by atoms with Gasteiger partial charge in [-0.3, -0.25) is 9.10 Å². The summed E-state index contributed by atoms with van der Waals surface area (Å²) >= 11 is 1.17. The first-order valence-corrected chi connectivity index (χ1v) is 12.0. The maximum atomic E-state index is 12.6. The fourth-order valence-electron chi connectivity index (χ4n) is 3.31. The Morgan fingerprint density at radius 2 is 1.94 bits per heavy atom. The maximum absolute atomic E-state index is 12.6. The van der Waals surface area contributed by atoms with Crippen molar-refractivity contribution in [3.8, 4) is 11.5 Å². The molecule has 2 aromatic carbocycles. The van der Waals surface area contributed by atoms with Gasteiger partial charge in [0.25, 0.3) is 15.9 Å². The first-order chi connectivity index (χ1) is 14.9. The lowest BCUT2D eigenvalue weighted by Gasteiger charge is -2.26. The van der Waals surface area contributed by atoms with E-state index in [1.54, 1.807) is 41.8 Å². The van der Waals surface area contributed by atoms with Crippen LogP contribution in [0.1, 0.15) is 18.0 Å². The van der Waals surface area contributed by atoms with E-state index in [0.29, 0.717) is 24.5 Å². The molecule has 1 N–H and O–H groups in total. The Bertz CT molecular complexity index is 1140. The Hall–Kier alpha value is -3.04. The highest BCUT2D eigenvalue weighted by Crippen LogP contribution is 2.31. The smallest absolute Gasteiger partial charge is 0.273 e. The van der Waals surface area contributed by atoms with E-state index in [1.807, 2.05) is 24.3 Å². The summed E-state index contributed by atoms with van der Waals surface area (Å²) in [6.07, 6.45) is 0.697. The van der Waals surface area contributed by atoms with Gasteiger partial charge in [0.2, 0.25) is 0 Å². The Morgan fingerprint density at radius 3 is 2.68 bits per heavy atom. The molecule has 0 aliphatic carbocycles. The van der Waals surface area contributed by atoms with Crippen molar-refractivity contribution in [3.05, 3.63) is 71.6 Å². The first-order valence-electron chi connectivity index (χ1n) is 9.71. The van der Waals surface area contributed by atoms with Gasteiger partial charge in [0.05, 0.1) is 18.3 Å². The Labute approximate surface area is 185 Å². The number of anilines is 1. The van der Waals surface area contributed by atoms with Crippen molar-refractivity contribution in [2.45, 2.75) is 16.7 Å². The van der Waals surface area contributed by atoms with Gasteiger partial charge in [-0.25, -0.2) is 8.42 Å². The quantitative estimate of drug-likeness (QED) is 0.585. The predicted octanol–water partition coefficient (Wildman–Crippen LogP) is 3.59. The second-order valence-corrected chi connectivity index (χ2v) is 10.1. The lowest BCUT2D eigenvalue weighted by Crippen LogP contribution is -2.35. The number of ether oxygens (including phenoxy) is 2. The highest BCUT2D eigenvalue weighted by Gasteiger charge is 2.23. The molecule has 9 heteroatoms. The van der Waals surface area contributed by atoms with Crippen LogP contribution in [0.5, 0.6) is 11.5 Å². The monoisotopic (exact) mass is 458 g/mol. The summed E-state index contributed by atoms with van der Waals surface area (Å²) in [5.74, 6) is 1.04. The standard InChI is InChI=1S/C22H22N2O5S2/c1-24(31(26,27)22-7-4-14-30-22)16-8-10-17(11-9-16)29-15-21(25)23-19-12-13-28-20-6-3-2-5-18(19)20/h2-11,14,19H,12-13,15H2,1H3,(H,23,25). The number of thiophene rings is 1. The number of hydrogen-bond donors (Lipinski definition) is 1. The number of nitrogens with zero attached hydrogens (tertiary/aromatic N) is 1. The van der Waals surface area contributed by atoms with Crippen LogP contribution in [0.15, 0.2) is 70.3 Å². The van der Waals surface area contributed by atoms with Crippen LogP contribution >= 0.6 is 11.3 Å². The molecular weight excluding hydrogens is 436 g/mol. The molecule has 0 spiro atoms.